The normalized spacial score (nSPS) is 9.53. The minimum Gasteiger partial charge on any atom is -0.427 e. The first-order chi connectivity index (χ1) is 7.99. The number of hydrogen-bond acceptors (Lipinski definition) is 4. The van der Waals surface area contributed by atoms with Crippen LogP contribution in [0.5, 0.6) is 5.75 Å². The molecule has 1 aromatic rings. The van der Waals surface area contributed by atoms with Gasteiger partial charge in [0.25, 0.3) is 0 Å². The third-order valence-electron chi connectivity index (χ3n) is 1.92. The van der Waals surface area contributed by atoms with Crippen molar-refractivity contribution in [1.29, 1.82) is 0 Å². The van der Waals surface area contributed by atoms with E-state index in [-0.39, 0.29) is 18.2 Å². The number of amides is 1. The number of esters is 1. The number of ketones is 1. The molecule has 0 saturated heterocycles. The molecule has 0 radical (unpaired) electrons. The average Bonchev–Trinajstić information content (AvgIpc) is 2.25. The van der Waals surface area contributed by atoms with Crippen LogP contribution in [0.25, 0.3) is 0 Å². The van der Waals surface area contributed by atoms with Gasteiger partial charge in [0.1, 0.15) is 5.75 Å². The van der Waals surface area contributed by atoms with Gasteiger partial charge in [0.05, 0.1) is 6.54 Å². The second-order valence-electron chi connectivity index (χ2n) is 3.45. The zero-order valence-corrected chi connectivity index (χ0v) is 9.65. The largest absolute Gasteiger partial charge is 0.427 e. The van der Waals surface area contributed by atoms with Gasteiger partial charge in [-0.25, -0.2) is 0 Å². The van der Waals surface area contributed by atoms with Crippen molar-refractivity contribution in [2.45, 2.75) is 13.8 Å². The van der Waals surface area contributed by atoms with Crippen molar-refractivity contribution in [2.24, 2.45) is 0 Å². The summed E-state index contributed by atoms with van der Waals surface area (Å²) in [6.07, 6.45) is 0. The smallest absolute Gasteiger partial charge is 0.308 e. The fourth-order valence-electron chi connectivity index (χ4n) is 1.21. The molecule has 0 atom stereocenters. The van der Waals surface area contributed by atoms with E-state index in [4.69, 9.17) is 4.74 Å². The molecule has 0 saturated carbocycles. The lowest BCUT2D eigenvalue weighted by molar-refractivity contribution is -0.131. The van der Waals surface area contributed by atoms with Gasteiger partial charge in [-0.3, -0.25) is 14.4 Å². The third kappa shape index (κ3) is 4.46. The zero-order valence-electron chi connectivity index (χ0n) is 9.65. The van der Waals surface area contributed by atoms with Crippen molar-refractivity contribution in [1.82, 2.24) is 5.32 Å². The third-order valence-corrected chi connectivity index (χ3v) is 1.92. The van der Waals surface area contributed by atoms with Crippen molar-refractivity contribution in [3.63, 3.8) is 0 Å². The summed E-state index contributed by atoms with van der Waals surface area (Å²) < 4.78 is 4.85. The van der Waals surface area contributed by atoms with Crippen molar-refractivity contribution in [3.05, 3.63) is 29.8 Å². The lowest BCUT2D eigenvalue weighted by Crippen LogP contribution is -2.27. The monoisotopic (exact) mass is 235 g/mol. The standard InChI is InChI=1S/C12H13NO4/c1-8(14)13-7-12(16)10-4-3-5-11(6-10)17-9(2)15/h3-6H,7H2,1-2H3,(H,13,14). The Morgan fingerprint density at radius 3 is 2.53 bits per heavy atom. The first kappa shape index (κ1) is 12.9. The van der Waals surface area contributed by atoms with Gasteiger partial charge in [-0.1, -0.05) is 12.1 Å². The Morgan fingerprint density at radius 2 is 1.94 bits per heavy atom. The number of nitrogens with one attached hydrogen (secondary N) is 1. The van der Waals surface area contributed by atoms with E-state index in [0.29, 0.717) is 11.3 Å². The van der Waals surface area contributed by atoms with Gasteiger partial charge < -0.3 is 10.1 Å². The molecule has 1 aromatic carbocycles. The van der Waals surface area contributed by atoms with E-state index in [0.717, 1.165) is 0 Å². The Bertz CT molecular complexity index is 454. The van der Waals surface area contributed by atoms with Gasteiger partial charge in [-0.2, -0.15) is 0 Å². The van der Waals surface area contributed by atoms with E-state index < -0.39 is 5.97 Å². The molecule has 1 N–H and O–H groups in total. The lowest BCUT2D eigenvalue weighted by atomic mass is 10.1. The predicted octanol–water partition coefficient (Wildman–Crippen LogP) is 0.931. The summed E-state index contributed by atoms with van der Waals surface area (Å²) in [6.45, 7) is 2.55. The van der Waals surface area contributed by atoms with Gasteiger partial charge >= 0.3 is 5.97 Å². The van der Waals surface area contributed by atoms with Crippen LogP contribution < -0.4 is 10.1 Å². The fraction of sp³-hybridized carbons (Fsp3) is 0.250. The van der Waals surface area contributed by atoms with Crippen molar-refractivity contribution < 1.29 is 19.1 Å². The number of Topliss-reactive ketones (excluding diaryl/α,β-unsaturated/α-hetero) is 1. The number of benzene rings is 1. The number of carbonyl (C=O) groups excluding carboxylic acids is 3. The maximum absolute atomic E-state index is 11.6. The van der Waals surface area contributed by atoms with E-state index in [9.17, 15) is 14.4 Å². The van der Waals surface area contributed by atoms with Gasteiger partial charge in [-0.05, 0) is 12.1 Å². The van der Waals surface area contributed by atoms with E-state index >= 15 is 0 Å². The summed E-state index contributed by atoms with van der Waals surface area (Å²) in [6, 6.07) is 6.25. The van der Waals surface area contributed by atoms with Crippen molar-refractivity contribution >= 4 is 17.7 Å². The van der Waals surface area contributed by atoms with E-state index in [1.165, 1.54) is 19.9 Å². The van der Waals surface area contributed by atoms with Crippen LogP contribution in [-0.2, 0) is 9.59 Å². The first-order valence-corrected chi connectivity index (χ1v) is 5.05. The summed E-state index contributed by atoms with van der Waals surface area (Å²) >= 11 is 0. The number of ether oxygens (including phenoxy) is 1. The fourth-order valence-corrected chi connectivity index (χ4v) is 1.21. The van der Waals surface area contributed by atoms with Crippen LogP contribution in [0.4, 0.5) is 0 Å². The van der Waals surface area contributed by atoms with Crippen LogP contribution in [0.15, 0.2) is 24.3 Å². The van der Waals surface area contributed by atoms with Crippen molar-refractivity contribution in [2.75, 3.05) is 6.54 Å². The highest BCUT2D eigenvalue weighted by Crippen LogP contribution is 2.13. The SMILES string of the molecule is CC(=O)NCC(=O)c1cccc(OC(C)=O)c1. The Hall–Kier alpha value is -2.17. The molecule has 0 bridgehead atoms. The highest BCUT2D eigenvalue weighted by atomic mass is 16.5. The summed E-state index contributed by atoms with van der Waals surface area (Å²) in [4.78, 5) is 33.0. The number of rotatable bonds is 4. The van der Waals surface area contributed by atoms with Gasteiger partial charge in [0.2, 0.25) is 5.91 Å². The Labute approximate surface area is 98.8 Å². The molecule has 0 aliphatic carbocycles. The average molecular weight is 235 g/mol. The molecular formula is C12H13NO4. The molecule has 0 spiro atoms. The van der Waals surface area contributed by atoms with Crippen LogP contribution in [0, 0.1) is 0 Å². The molecular weight excluding hydrogens is 222 g/mol. The molecule has 5 heteroatoms. The molecule has 17 heavy (non-hydrogen) atoms. The minimum absolute atomic E-state index is 0.0706. The van der Waals surface area contributed by atoms with Crippen LogP contribution in [-0.4, -0.2) is 24.2 Å². The topological polar surface area (TPSA) is 72.5 Å². The van der Waals surface area contributed by atoms with E-state index in [1.807, 2.05) is 0 Å². The van der Waals surface area contributed by atoms with Crippen LogP contribution in [0.2, 0.25) is 0 Å². The maximum Gasteiger partial charge on any atom is 0.308 e. The Balaban J connectivity index is 2.73. The van der Waals surface area contributed by atoms with Crippen LogP contribution in [0.3, 0.4) is 0 Å². The molecule has 0 unspecified atom stereocenters. The number of hydrogen-bond donors (Lipinski definition) is 1. The molecule has 0 aliphatic heterocycles. The van der Waals surface area contributed by atoms with E-state index in [2.05, 4.69) is 5.32 Å². The molecule has 5 nitrogen and oxygen atoms in total. The van der Waals surface area contributed by atoms with Gasteiger partial charge in [0.15, 0.2) is 5.78 Å². The number of carbonyl (C=O) groups is 3. The Kier molecular flexibility index (Phi) is 4.39. The summed E-state index contributed by atoms with van der Waals surface area (Å²) in [7, 11) is 0. The predicted molar refractivity (Wildman–Crippen MR) is 60.8 cm³/mol. The molecule has 0 fully saturated rings. The molecule has 1 rings (SSSR count). The van der Waals surface area contributed by atoms with Gasteiger partial charge in [0, 0.05) is 19.4 Å². The molecule has 1 amide bonds. The second-order valence-corrected chi connectivity index (χ2v) is 3.45. The highest BCUT2D eigenvalue weighted by Gasteiger charge is 2.08. The molecule has 0 aliphatic rings. The second kappa shape index (κ2) is 5.79. The first-order valence-electron chi connectivity index (χ1n) is 5.05. The zero-order chi connectivity index (χ0) is 12.8. The summed E-state index contributed by atoms with van der Waals surface area (Å²) in [5.41, 5.74) is 0.387. The van der Waals surface area contributed by atoms with Crippen LogP contribution in [0.1, 0.15) is 24.2 Å². The van der Waals surface area contributed by atoms with Crippen molar-refractivity contribution in [3.8, 4) is 5.75 Å². The molecule has 90 valence electrons. The van der Waals surface area contributed by atoms with E-state index in [1.54, 1.807) is 18.2 Å². The Morgan fingerprint density at radius 1 is 1.24 bits per heavy atom. The molecule has 0 heterocycles. The quantitative estimate of drug-likeness (QED) is 0.478. The summed E-state index contributed by atoms with van der Waals surface area (Å²) in [5.74, 6) is -0.647. The van der Waals surface area contributed by atoms with Gasteiger partial charge in [-0.15, -0.1) is 0 Å². The highest BCUT2D eigenvalue weighted by molar-refractivity contribution is 5.99. The van der Waals surface area contributed by atoms with Crippen LogP contribution >= 0.6 is 0 Å². The molecule has 0 aromatic heterocycles. The maximum atomic E-state index is 11.6. The lowest BCUT2D eigenvalue weighted by Gasteiger charge is -2.04. The summed E-state index contributed by atoms with van der Waals surface area (Å²) in [5, 5.41) is 2.41. The minimum atomic E-state index is -0.448.